The van der Waals surface area contributed by atoms with Crippen LogP contribution in [0.15, 0.2) is 134 Å². The Morgan fingerprint density at radius 1 is 0.590 bits per heavy atom. The molecular formula is C48H72NO11P. The Bertz CT molecular complexity index is 1550. The van der Waals surface area contributed by atoms with Gasteiger partial charge in [-0.3, -0.25) is 23.4 Å². The van der Waals surface area contributed by atoms with Gasteiger partial charge < -0.3 is 30.3 Å². The minimum Gasteiger partial charge on any atom is -0.480 e. The Morgan fingerprint density at radius 2 is 1.07 bits per heavy atom. The van der Waals surface area contributed by atoms with E-state index in [9.17, 15) is 28.9 Å². The molecule has 0 rings (SSSR count). The predicted molar refractivity (Wildman–Crippen MR) is 245 cm³/mol. The van der Waals surface area contributed by atoms with E-state index in [2.05, 4.69) is 79.1 Å². The average Bonchev–Trinajstić information content (AvgIpc) is 3.23. The molecule has 4 atom stereocenters. The number of aliphatic hydroxyl groups is 1. The van der Waals surface area contributed by atoms with Gasteiger partial charge in [0.2, 0.25) is 0 Å². The van der Waals surface area contributed by atoms with E-state index in [0.29, 0.717) is 32.1 Å². The van der Waals surface area contributed by atoms with Crippen LogP contribution < -0.4 is 5.73 Å². The fourth-order valence-electron chi connectivity index (χ4n) is 4.68. The van der Waals surface area contributed by atoms with Crippen molar-refractivity contribution in [2.75, 3.05) is 19.8 Å². The first-order valence-corrected chi connectivity index (χ1v) is 22.8. The summed E-state index contributed by atoms with van der Waals surface area (Å²) in [5, 5.41) is 18.9. The number of aliphatic carboxylic acids is 1. The summed E-state index contributed by atoms with van der Waals surface area (Å²) in [4.78, 5) is 45.9. The first-order valence-electron chi connectivity index (χ1n) is 21.3. The summed E-state index contributed by atoms with van der Waals surface area (Å²) < 4.78 is 32.5. The number of phosphoric acid groups is 1. The van der Waals surface area contributed by atoms with Gasteiger partial charge in [-0.1, -0.05) is 148 Å². The number of nitrogens with two attached hydrogens (primary N) is 1. The highest BCUT2D eigenvalue weighted by Crippen LogP contribution is 2.43. The summed E-state index contributed by atoms with van der Waals surface area (Å²) in [7, 11) is -4.77. The maximum atomic E-state index is 12.6. The summed E-state index contributed by atoms with van der Waals surface area (Å²) in [5.74, 6) is -2.62. The standard InChI is InChI=1S/C48H72NO11P/c1-3-5-7-9-11-12-13-14-15-16-17-18-19-23-26-30-34-38-46(51)57-40-44(41-58-61(55,56)59-42-45(49)48(53)54)60-47(52)39-35-31-27-24-21-20-22-25-29-33-37-43(50)36-32-28-10-8-6-4-2/h5-8,11-12,14-15,17-18,20-21,23,25-29,31-33,37,43-45,50H,3-4,9-10,13,16,19,22,24,30,34-36,38-42,49H2,1-2H3,(H,53,54)(H,55,56)/b7-5-,8-6-,12-11-,15-14-,18-17-,21-20-,26-23-,29-25-,31-27-,32-28-,37-33+/t43?,44-,45+/m1/s1. The molecule has 0 heterocycles. The van der Waals surface area contributed by atoms with Gasteiger partial charge in [0.25, 0.3) is 0 Å². The molecule has 0 bridgehead atoms. The van der Waals surface area contributed by atoms with Crippen molar-refractivity contribution in [1.82, 2.24) is 0 Å². The number of carboxylic acid groups (broad SMARTS) is 1. The lowest BCUT2D eigenvalue weighted by Crippen LogP contribution is -2.34. The van der Waals surface area contributed by atoms with Gasteiger partial charge in [0.15, 0.2) is 6.10 Å². The van der Waals surface area contributed by atoms with Crippen molar-refractivity contribution in [3.63, 3.8) is 0 Å². The number of hydrogen-bond acceptors (Lipinski definition) is 10. The summed E-state index contributed by atoms with van der Waals surface area (Å²) in [6, 6.07) is -1.56. The summed E-state index contributed by atoms with van der Waals surface area (Å²) >= 11 is 0. The Labute approximate surface area is 365 Å². The van der Waals surface area contributed by atoms with E-state index in [1.54, 1.807) is 6.08 Å². The number of unbranched alkanes of at least 4 members (excludes halogenated alkanes) is 1. The molecule has 0 radical (unpaired) electrons. The topological polar surface area (TPSA) is 192 Å². The van der Waals surface area contributed by atoms with Gasteiger partial charge in [0, 0.05) is 12.8 Å². The molecule has 0 aromatic heterocycles. The van der Waals surface area contributed by atoms with Crippen molar-refractivity contribution in [3.05, 3.63) is 134 Å². The van der Waals surface area contributed by atoms with Gasteiger partial charge >= 0.3 is 25.7 Å². The third-order valence-electron chi connectivity index (χ3n) is 7.99. The highest BCUT2D eigenvalue weighted by atomic mass is 31.2. The molecule has 61 heavy (non-hydrogen) atoms. The van der Waals surface area contributed by atoms with Crippen LogP contribution in [0.25, 0.3) is 0 Å². The molecule has 340 valence electrons. The molecule has 0 spiro atoms. The predicted octanol–water partition coefficient (Wildman–Crippen LogP) is 10.4. The molecule has 12 nitrogen and oxygen atoms in total. The van der Waals surface area contributed by atoms with Gasteiger partial charge in [-0.2, -0.15) is 0 Å². The highest BCUT2D eigenvalue weighted by Gasteiger charge is 2.28. The minimum absolute atomic E-state index is 0.00865. The molecule has 5 N–H and O–H groups in total. The minimum atomic E-state index is -4.77. The van der Waals surface area contributed by atoms with Crippen LogP contribution in [0, 0.1) is 0 Å². The SMILES string of the molecule is CC/C=C\C/C=C\C/C=C\C/C=C\C/C=C\CCCC(=O)OC[C@H](COP(=O)(O)OC[C@H](N)C(=O)O)OC(=O)CC/C=C\C/C=C\C/C=C\C=C\C(O)C/C=C\C/C=C\CC. The lowest BCUT2D eigenvalue weighted by atomic mass is 10.2. The number of rotatable bonds is 37. The summed E-state index contributed by atoms with van der Waals surface area (Å²) in [6.45, 7) is 2.33. The lowest BCUT2D eigenvalue weighted by Gasteiger charge is -2.20. The van der Waals surface area contributed by atoms with Gasteiger partial charge in [-0.25, -0.2) is 4.57 Å². The van der Waals surface area contributed by atoms with Crippen LogP contribution in [0.1, 0.15) is 110 Å². The van der Waals surface area contributed by atoms with E-state index in [1.165, 1.54) is 0 Å². The van der Waals surface area contributed by atoms with Crippen molar-refractivity contribution in [1.29, 1.82) is 0 Å². The van der Waals surface area contributed by atoms with Gasteiger partial charge in [0.05, 0.1) is 19.3 Å². The van der Waals surface area contributed by atoms with E-state index < -0.39 is 63.8 Å². The normalized spacial score (nSPS) is 15.5. The number of carboxylic acids is 1. The molecule has 0 aromatic carbocycles. The smallest absolute Gasteiger partial charge is 0.472 e. The second-order valence-corrected chi connectivity index (χ2v) is 15.0. The second-order valence-electron chi connectivity index (χ2n) is 13.6. The molecular weight excluding hydrogens is 797 g/mol. The third kappa shape index (κ3) is 40.7. The van der Waals surface area contributed by atoms with Crippen molar-refractivity contribution in [3.8, 4) is 0 Å². The number of hydrogen-bond donors (Lipinski definition) is 4. The van der Waals surface area contributed by atoms with Crippen LogP contribution >= 0.6 is 7.82 Å². The quantitative estimate of drug-likeness (QED) is 0.0152. The molecule has 0 aliphatic carbocycles. The Kier molecular flexibility index (Phi) is 38.0. The number of carbonyl (C=O) groups excluding carboxylic acids is 2. The molecule has 0 aliphatic rings. The van der Waals surface area contributed by atoms with Crippen LogP contribution in [0.4, 0.5) is 0 Å². The van der Waals surface area contributed by atoms with Crippen molar-refractivity contribution >= 4 is 25.7 Å². The number of esters is 2. The number of phosphoric ester groups is 1. The Hall–Kier alpha value is -4.42. The van der Waals surface area contributed by atoms with Crippen LogP contribution in [-0.4, -0.2) is 71.1 Å². The monoisotopic (exact) mass is 869 g/mol. The third-order valence-corrected chi connectivity index (χ3v) is 8.94. The van der Waals surface area contributed by atoms with Crippen LogP contribution in [0.5, 0.6) is 0 Å². The highest BCUT2D eigenvalue weighted by molar-refractivity contribution is 7.47. The van der Waals surface area contributed by atoms with Crippen LogP contribution in [0.2, 0.25) is 0 Å². The molecule has 2 unspecified atom stereocenters. The largest absolute Gasteiger partial charge is 0.480 e. The van der Waals surface area contributed by atoms with Crippen LogP contribution in [-0.2, 0) is 37.5 Å². The first-order chi connectivity index (χ1) is 29.5. The zero-order chi connectivity index (χ0) is 45.1. The molecule has 0 saturated heterocycles. The molecule has 13 heteroatoms. The fourth-order valence-corrected chi connectivity index (χ4v) is 5.46. The van der Waals surface area contributed by atoms with Crippen molar-refractivity contribution in [2.24, 2.45) is 5.73 Å². The second kappa shape index (κ2) is 41.0. The van der Waals surface area contributed by atoms with Crippen LogP contribution in [0.3, 0.4) is 0 Å². The first kappa shape index (κ1) is 56.6. The summed E-state index contributed by atoms with van der Waals surface area (Å²) in [5.41, 5.74) is 5.32. The number of carbonyl (C=O) groups is 3. The molecule has 0 aromatic rings. The average molecular weight is 870 g/mol. The van der Waals surface area contributed by atoms with Crippen molar-refractivity contribution in [2.45, 2.75) is 128 Å². The number of allylic oxidation sites excluding steroid dienone is 20. The van der Waals surface area contributed by atoms with E-state index in [-0.39, 0.29) is 12.8 Å². The maximum Gasteiger partial charge on any atom is 0.472 e. The lowest BCUT2D eigenvalue weighted by molar-refractivity contribution is -0.161. The molecule has 0 fully saturated rings. The Morgan fingerprint density at radius 3 is 1.61 bits per heavy atom. The zero-order valence-electron chi connectivity index (χ0n) is 36.3. The fraction of sp³-hybridized carbons (Fsp3) is 0.479. The Balaban J connectivity index is 4.68. The maximum absolute atomic E-state index is 12.6. The summed E-state index contributed by atoms with van der Waals surface area (Å²) in [6.07, 6.45) is 52.8. The van der Waals surface area contributed by atoms with E-state index in [1.807, 2.05) is 66.8 Å². The molecule has 0 saturated carbocycles. The van der Waals surface area contributed by atoms with Crippen molar-refractivity contribution < 1.29 is 52.6 Å². The van der Waals surface area contributed by atoms with Gasteiger partial charge in [0.1, 0.15) is 12.6 Å². The molecule has 0 aliphatic heterocycles. The van der Waals surface area contributed by atoms with E-state index >= 15 is 0 Å². The number of ether oxygens (including phenoxy) is 2. The van der Waals surface area contributed by atoms with Gasteiger partial charge in [-0.05, 0) is 83.5 Å². The zero-order valence-corrected chi connectivity index (χ0v) is 37.2. The van der Waals surface area contributed by atoms with E-state index in [0.717, 1.165) is 51.4 Å². The van der Waals surface area contributed by atoms with Gasteiger partial charge in [-0.15, -0.1) is 0 Å². The molecule has 0 amide bonds. The van der Waals surface area contributed by atoms with E-state index in [4.69, 9.17) is 24.8 Å². The number of aliphatic hydroxyl groups excluding tert-OH is 1.